The number of nitro benzene ring substituents is 1. The van der Waals surface area contributed by atoms with Crippen LogP contribution in [0.4, 0.5) is 11.4 Å². The third kappa shape index (κ3) is 4.44. The molecule has 0 aliphatic rings. The second kappa shape index (κ2) is 7.77. The summed E-state index contributed by atoms with van der Waals surface area (Å²) in [6.07, 6.45) is 0. The van der Waals surface area contributed by atoms with E-state index in [9.17, 15) is 19.7 Å². The number of amides is 1. The Morgan fingerprint density at radius 2 is 1.69 bits per heavy atom. The Labute approximate surface area is 151 Å². The number of hydrogen-bond donors (Lipinski definition) is 1. The number of anilines is 1. The SMILES string of the molecule is Cc1ccc(C)c(C(=O)OCC(=O)Nc2cc(C)c(C)cc2[N+](=O)[O-])c1. The van der Waals surface area contributed by atoms with E-state index in [1.807, 2.05) is 13.0 Å². The summed E-state index contributed by atoms with van der Waals surface area (Å²) in [5.41, 5.74) is 3.45. The van der Waals surface area contributed by atoms with Gasteiger partial charge in [0, 0.05) is 6.07 Å². The first-order valence-electron chi connectivity index (χ1n) is 7.99. The zero-order valence-corrected chi connectivity index (χ0v) is 15.1. The van der Waals surface area contributed by atoms with Gasteiger partial charge in [-0.05, 0) is 56.5 Å². The van der Waals surface area contributed by atoms with E-state index >= 15 is 0 Å². The maximum atomic E-state index is 12.1. The molecule has 0 aromatic heterocycles. The molecule has 1 amide bonds. The van der Waals surface area contributed by atoms with Crippen molar-refractivity contribution < 1.29 is 19.2 Å². The Hall–Kier alpha value is -3.22. The average Bonchev–Trinajstić information content (AvgIpc) is 2.57. The van der Waals surface area contributed by atoms with E-state index < -0.39 is 23.4 Å². The molecular formula is C19H20N2O5. The van der Waals surface area contributed by atoms with Gasteiger partial charge in [-0.15, -0.1) is 0 Å². The maximum Gasteiger partial charge on any atom is 0.338 e. The molecule has 0 aliphatic carbocycles. The minimum Gasteiger partial charge on any atom is -0.452 e. The quantitative estimate of drug-likeness (QED) is 0.501. The highest BCUT2D eigenvalue weighted by Gasteiger charge is 2.19. The van der Waals surface area contributed by atoms with Gasteiger partial charge in [0.1, 0.15) is 5.69 Å². The smallest absolute Gasteiger partial charge is 0.338 e. The van der Waals surface area contributed by atoms with Crippen molar-refractivity contribution in [3.63, 3.8) is 0 Å². The summed E-state index contributed by atoms with van der Waals surface area (Å²) in [6.45, 7) is 6.63. The third-order valence-corrected chi connectivity index (χ3v) is 4.03. The average molecular weight is 356 g/mol. The van der Waals surface area contributed by atoms with Gasteiger partial charge in [0.05, 0.1) is 10.5 Å². The van der Waals surface area contributed by atoms with Gasteiger partial charge in [0.15, 0.2) is 6.61 Å². The second-order valence-electron chi connectivity index (χ2n) is 6.15. The van der Waals surface area contributed by atoms with Crippen LogP contribution in [-0.4, -0.2) is 23.4 Å². The highest BCUT2D eigenvalue weighted by molar-refractivity contribution is 5.97. The van der Waals surface area contributed by atoms with Crippen molar-refractivity contribution >= 4 is 23.3 Å². The lowest BCUT2D eigenvalue weighted by molar-refractivity contribution is -0.384. The molecule has 0 saturated heterocycles. The molecule has 0 aliphatic heterocycles. The zero-order chi connectivity index (χ0) is 19.4. The third-order valence-electron chi connectivity index (χ3n) is 4.03. The number of nitrogens with zero attached hydrogens (tertiary/aromatic N) is 1. The van der Waals surface area contributed by atoms with Crippen LogP contribution in [0.2, 0.25) is 0 Å². The minimum absolute atomic E-state index is 0.0749. The van der Waals surface area contributed by atoms with Crippen molar-refractivity contribution in [3.05, 3.63) is 68.3 Å². The number of nitrogens with one attached hydrogen (secondary N) is 1. The molecule has 0 saturated carbocycles. The van der Waals surface area contributed by atoms with E-state index in [0.717, 1.165) is 22.3 Å². The Bertz CT molecular complexity index is 890. The first-order valence-corrected chi connectivity index (χ1v) is 7.99. The molecule has 2 aromatic carbocycles. The molecule has 0 fully saturated rings. The van der Waals surface area contributed by atoms with E-state index in [4.69, 9.17) is 4.74 Å². The van der Waals surface area contributed by atoms with Crippen LogP contribution in [0, 0.1) is 37.8 Å². The second-order valence-corrected chi connectivity index (χ2v) is 6.15. The molecule has 0 atom stereocenters. The Balaban J connectivity index is 2.08. The van der Waals surface area contributed by atoms with E-state index in [-0.39, 0.29) is 11.4 Å². The van der Waals surface area contributed by atoms with Crippen LogP contribution < -0.4 is 5.32 Å². The van der Waals surface area contributed by atoms with Crippen LogP contribution in [0.1, 0.15) is 32.6 Å². The highest BCUT2D eigenvalue weighted by Crippen LogP contribution is 2.27. The minimum atomic E-state index is -0.644. The van der Waals surface area contributed by atoms with Gasteiger partial charge in [-0.2, -0.15) is 0 Å². The van der Waals surface area contributed by atoms with Crippen LogP contribution in [0.3, 0.4) is 0 Å². The fourth-order valence-corrected chi connectivity index (χ4v) is 2.40. The number of rotatable bonds is 5. The lowest BCUT2D eigenvalue weighted by atomic mass is 10.1. The van der Waals surface area contributed by atoms with Crippen molar-refractivity contribution in [2.45, 2.75) is 27.7 Å². The summed E-state index contributed by atoms with van der Waals surface area (Å²) < 4.78 is 5.03. The number of benzene rings is 2. The van der Waals surface area contributed by atoms with E-state index in [0.29, 0.717) is 5.56 Å². The van der Waals surface area contributed by atoms with Gasteiger partial charge >= 0.3 is 5.97 Å². The predicted molar refractivity (Wildman–Crippen MR) is 97.4 cm³/mol. The van der Waals surface area contributed by atoms with Gasteiger partial charge < -0.3 is 10.1 Å². The Kier molecular flexibility index (Phi) is 5.71. The van der Waals surface area contributed by atoms with Crippen LogP contribution in [0.15, 0.2) is 30.3 Å². The fraction of sp³-hybridized carbons (Fsp3) is 0.263. The Morgan fingerprint density at radius 3 is 2.35 bits per heavy atom. The standard InChI is InChI=1S/C19H20N2O5/c1-11-5-6-12(2)15(7-11)19(23)26-10-18(22)20-16-8-13(3)14(4)9-17(16)21(24)25/h5-9H,10H2,1-4H3,(H,20,22). The number of aryl methyl sites for hydroxylation is 4. The summed E-state index contributed by atoms with van der Waals surface area (Å²) in [7, 11) is 0. The van der Waals surface area contributed by atoms with E-state index in [1.165, 1.54) is 12.1 Å². The van der Waals surface area contributed by atoms with Crippen molar-refractivity contribution in [1.82, 2.24) is 0 Å². The lowest BCUT2D eigenvalue weighted by Gasteiger charge is -2.10. The summed E-state index contributed by atoms with van der Waals surface area (Å²) in [5, 5.41) is 13.6. The van der Waals surface area contributed by atoms with Crippen LogP contribution in [0.25, 0.3) is 0 Å². The number of carbonyl (C=O) groups is 2. The summed E-state index contributed by atoms with van der Waals surface area (Å²) in [6, 6.07) is 8.27. The van der Waals surface area contributed by atoms with Crippen molar-refractivity contribution in [2.24, 2.45) is 0 Å². The molecule has 2 rings (SSSR count). The summed E-state index contributed by atoms with van der Waals surface area (Å²) in [5.74, 6) is -1.26. The molecule has 26 heavy (non-hydrogen) atoms. The number of ether oxygens (including phenoxy) is 1. The van der Waals surface area contributed by atoms with Gasteiger partial charge in [0.2, 0.25) is 0 Å². The van der Waals surface area contributed by atoms with Crippen LogP contribution in [0.5, 0.6) is 0 Å². The van der Waals surface area contributed by atoms with Crippen LogP contribution >= 0.6 is 0 Å². The van der Waals surface area contributed by atoms with Crippen molar-refractivity contribution in [1.29, 1.82) is 0 Å². The first-order chi connectivity index (χ1) is 12.2. The molecule has 1 N–H and O–H groups in total. The molecule has 136 valence electrons. The number of nitro groups is 1. The molecule has 2 aromatic rings. The van der Waals surface area contributed by atoms with Crippen molar-refractivity contribution in [3.8, 4) is 0 Å². The summed E-state index contributed by atoms with van der Waals surface area (Å²) >= 11 is 0. The molecular weight excluding hydrogens is 336 g/mol. The van der Waals surface area contributed by atoms with Gasteiger partial charge in [0.25, 0.3) is 11.6 Å². The van der Waals surface area contributed by atoms with Gasteiger partial charge in [-0.3, -0.25) is 14.9 Å². The van der Waals surface area contributed by atoms with Crippen LogP contribution in [-0.2, 0) is 9.53 Å². The monoisotopic (exact) mass is 356 g/mol. The zero-order valence-electron chi connectivity index (χ0n) is 15.1. The van der Waals surface area contributed by atoms with E-state index in [2.05, 4.69) is 5.32 Å². The van der Waals surface area contributed by atoms with E-state index in [1.54, 1.807) is 32.9 Å². The topological polar surface area (TPSA) is 98.5 Å². The number of hydrogen-bond acceptors (Lipinski definition) is 5. The largest absolute Gasteiger partial charge is 0.452 e. The normalized spacial score (nSPS) is 10.3. The van der Waals surface area contributed by atoms with Gasteiger partial charge in [-0.1, -0.05) is 17.7 Å². The molecule has 7 heteroatoms. The molecule has 0 bridgehead atoms. The summed E-state index contributed by atoms with van der Waals surface area (Å²) in [4.78, 5) is 34.8. The maximum absolute atomic E-state index is 12.1. The molecule has 7 nitrogen and oxygen atoms in total. The molecule has 0 spiro atoms. The van der Waals surface area contributed by atoms with Crippen molar-refractivity contribution in [2.75, 3.05) is 11.9 Å². The first kappa shape index (κ1) is 19.1. The highest BCUT2D eigenvalue weighted by atomic mass is 16.6. The number of esters is 1. The lowest BCUT2D eigenvalue weighted by Crippen LogP contribution is -2.22. The molecule has 0 heterocycles. The molecule has 0 unspecified atom stereocenters. The fourth-order valence-electron chi connectivity index (χ4n) is 2.40. The predicted octanol–water partition coefficient (Wildman–Crippen LogP) is 3.62. The Morgan fingerprint density at radius 1 is 1.04 bits per heavy atom. The molecule has 0 radical (unpaired) electrons. The number of carbonyl (C=O) groups excluding carboxylic acids is 2. The van der Waals surface area contributed by atoms with Gasteiger partial charge in [-0.25, -0.2) is 4.79 Å².